The van der Waals surface area contributed by atoms with E-state index in [1.54, 1.807) is 6.07 Å². The zero-order valence-corrected chi connectivity index (χ0v) is 19.6. The zero-order chi connectivity index (χ0) is 24.2. The van der Waals surface area contributed by atoms with Crippen molar-refractivity contribution in [1.29, 1.82) is 5.26 Å². The van der Waals surface area contributed by atoms with Crippen molar-refractivity contribution in [3.05, 3.63) is 59.9 Å². The van der Waals surface area contributed by atoms with Gasteiger partial charge >= 0.3 is 0 Å². The van der Waals surface area contributed by atoms with Crippen molar-refractivity contribution in [2.75, 3.05) is 36.4 Å². The van der Waals surface area contributed by atoms with Crippen LogP contribution in [-0.2, 0) is 4.79 Å². The molecular formula is C27H29FN6O. The lowest BCUT2D eigenvalue weighted by molar-refractivity contribution is -0.120. The van der Waals surface area contributed by atoms with Crippen LogP contribution in [0.15, 0.2) is 48.5 Å². The summed E-state index contributed by atoms with van der Waals surface area (Å²) in [6.45, 7) is 2.63. The van der Waals surface area contributed by atoms with E-state index in [1.807, 2.05) is 41.1 Å². The summed E-state index contributed by atoms with van der Waals surface area (Å²) in [5.74, 6) is 0.961. The lowest BCUT2D eigenvalue weighted by Crippen LogP contribution is -2.47. The molecule has 2 aromatic carbocycles. The molecule has 0 unspecified atom stereocenters. The Bertz CT molecular complexity index is 1240. The minimum absolute atomic E-state index is 0.0193. The molecule has 0 spiro atoms. The van der Waals surface area contributed by atoms with E-state index in [9.17, 15) is 9.18 Å². The van der Waals surface area contributed by atoms with Gasteiger partial charge in [0.1, 0.15) is 17.7 Å². The molecule has 0 bridgehead atoms. The fourth-order valence-electron chi connectivity index (χ4n) is 4.91. The Kier molecular flexibility index (Phi) is 6.66. The molecule has 1 aliphatic carbocycles. The highest BCUT2D eigenvalue weighted by atomic mass is 19.1. The minimum Gasteiger partial charge on any atom is -0.370 e. The predicted molar refractivity (Wildman–Crippen MR) is 134 cm³/mol. The Labute approximate surface area is 204 Å². The highest BCUT2D eigenvalue weighted by Gasteiger charge is 2.19. The third-order valence-electron chi connectivity index (χ3n) is 6.89. The number of piperazine rings is 1. The van der Waals surface area contributed by atoms with Gasteiger partial charge in [0.2, 0.25) is 5.91 Å². The van der Waals surface area contributed by atoms with Gasteiger partial charge in [-0.1, -0.05) is 25.3 Å². The topological polar surface area (TPSA) is 86.0 Å². The molecule has 180 valence electrons. The zero-order valence-electron chi connectivity index (χ0n) is 19.6. The van der Waals surface area contributed by atoms with Gasteiger partial charge in [0.15, 0.2) is 0 Å². The molecular weight excluding hydrogens is 443 g/mol. The number of carbonyl (C=O) groups excluding carboxylic acids is 1. The van der Waals surface area contributed by atoms with Crippen molar-refractivity contribution < 1.29 is 9.18 Å². The van der Waals surface area contributed by atoms with Gasteiger partial charge in [-0.3, -0.25) is 4.79 Å². The maximum Gasteiger partial charge on any atom is 0.239 e. The average Bonchev–Trinajstić information content (AvgIpc) is 3.32. The second-order valence-electron chi connectivity index (χ2n) is 9.31. The second-order valence-corrected chi connectivity index (χ2v) is 9.31. The summed E-state index contributed by atoms with van der Waals surface area (Å²) < 4.78 is 16.1. The van der Waals surface area contributed by atoms with Crippen LogP contribution in [0.5, 0.6) is 0 Å². The van der Waals surface area contributed by atoms with Crippen molar-refractivity contribution in [2.45, 2.75) is 32.1 Å². The number of rotatable bonds is 6. The molecule has 7 nitrogen and oxygen atoms in total. The van der Waals surface area contributed by atoms with E-state index in [2.05, 4.69) is 15.5 Å². The van der Waals surface area contributed by atoms with Crippen LogP contribution in [0.25, 0.3) is 16.9 Å². The summed E-state index contributed by atoms with van der Waals surface area (Å²) in [5.41, 5.74) is 3.14. The summed E-state index contributed by atoms with van der Waals surface area (Å²) in [6.07, 6.45) is 6.32. The molecule has 0 atom stereocenters. The van der Waals surface area contributed by atoms with Crippen molar-refractivity contribution >= 4 is 17.4 Å². The molecule has 5 rings (SSSR count). The van der Waals surface area contributed by atoms with Crippen LogP contribution in [-0.4, -0.2) is 41.9 Å². The van der Waals surface area contributed by atoms with E-state index in [-0.39, 0.29) is 11.5 Å². The molecule has 1 saturated carbocycles. The monoisotopic (exact) mass is 472 g/mol. The van der Waals surface area contributed by atoms with Crippen LogP contribution in [0.2, 0.25) is 0 Å². The largest absolute Gasteiger partial charge is 0.370 e. The molecule has 8 heteroatoms. The summed E-state index contributed by atoms with van der Waals surface area (Å²) >= 11 is 0. The highest BCUT2D eigenvalue weighted by Crippen LogP contribution is 2.29. The maximum atomic E-state index is 14.3. The van der Waals surface area contributed by atoms with Gasteiger partial charge in [-0.15, -0.1) is 0 Å². The molecule has 2 N–H and O–H groups in total. The first kappa shape index (κ1) is 22.9. The first-order chi connectivity index (χ1) is 17.1. The van der Waals surface area contributed by atoms with Gasteiger partial charge in [-0.25, -0.2) is 9.07 Å². The number of anilines is 2. The number of nitrogens with zero attached hydrogens (tertiary/aromatic N) is 4. The third kappa shape index (κ3) is 5.14. The van der Waals surface area contributed by atoms with Crippen LogP contribution >= 0.6 is 0 Å². The van der Waals surface area contributed by atoms with Gasteiger partial charge in [-0.2, -0.15) is 10.4 Å². The number of hydrogen-bond acceptors (Lipinski definition) is 5. The molecule has 35 heavy (non-hydrogen) atoms. The molecule has 1 amide bonds. The first-order valence-corrected chi connectivity index (χ1v) is 12.3. The van der Waals surface area contributed by atoms with Crippen molar-refractivity contribution in [1.82, 2.24) is 15.1 Å². The summed E-state index contributed by atoms with van der Waals surface area (Å²) in [7, 11) is 0. The molecule has 0 radical (unpaired) electrons. The van der Waals surface area contributed by atoms with Gasteiger partial charge in [0.05, 0.1) is 23.5 Å². The molecule has 2 fully saturated rings. The van der Waals surface area contributed by atoms with Crippen LogP contribution in [0.4, 0.5) is 15.9 Å². The molecule has 1 saturated heterocycles. The van der Waals surface area contributed by atoms with Crippen molar-refractivity contribution in [3.63, 3.8) is 0 Å². The lowest BCUT2D eigenvalue weighted by atomic mass is 9.89. The van der Waals surface area contributed by atoms with E-state index in [0.717, 1.165) is 30.3 Å². The number of benzene rings is 2. The average molecular weight is 473 g/mol. The quantitative estimate of drug-likeness (QED) is 0.553. The number of carbonyl (C=O) groups is 1. The van der Waals surface area contributed by atoms with Crippen LogP contribution in [0.1, 0.15) is 37.7 Å². The Hall–Kier alpha value is -3.86. The number of nitrogens with one attached hydrogen (secondary N) is 2. The molecule has 1 aliphatic heterocycles. The third-order valence-corrected chi connectivity index (χ3v) is 6.89. The number of amides is 1. The summed E-state index contributed by atoms with van der Waals surface area (Å²) in [4.78, 5) is 13.8. The molecule has 2 aliphatic rings. The van der Waals surface area contributed by atoms with Crippen LogP contribution in [0.3, 0.4) is 0 Å². The normalized spacial score (nSPS) is 16.6. The second kappa shape index (κ2) is 10.2. The first-order valence-electron chi connectivity index (χ1n) is 12.3. The molecule has 1 aromatic heterocycles. The summed E-state index contributed by atoms with van der Waals surface area (Å²) in [6, 6.07) is 16.4. The van der Waals surface area contributed by atoms with E-state index < -0.39 is 5.82 Å². The van der Waals surface area contributed by atoms with Crippen molar-refractivity contribution in [3.8, 4) is 23.0 Å². The Balaban J connectivity index is 1.44. The minimum atomic E-state index is -0.550. The fraction of sp³-hybridized carbons (Fsp3) is 0.370. The van der Waals surface area contributed by atoms with E-state index >= 15 is 0 Å². The maximum absolute atomic E-state index is 14.3. The smallest absolute Gasteiger partial charge is 0.239 e. The van der Waals surface area contributed by atoms with Gasteiger partial charge < -0.3 is 15.5 Å². The van der Waals surface area contributed by atoms with Crippen molar-refractivity contribution in [2.24, 2.45) is 5.92 Å². The van der Waals surface area contributed by atoms with E-state index in [1.165, 1.54) is 44.2 Å². The SMILES string of the molecule is N#Cc1ccc(-c2cc(NCC3CCCCC3)n(-c3ccc(N4CCNC(=O)C4)cc3)n2)cc1F. The van der Waals surface area contributed by atoms with E-state index in [0.29, 0.717) is 30.3 Å². The molecule has 2 heterocycles. The molecule has 3 aromatic rings. The number of hydrogen-bond donors (Lipinski definition) is 2. The number of aromatic nitrogens is 2. The van der Waals surface area contributed by atoms with E-state index in [4.69, 9.17) is 10.4 Å². The standard InChI is InChI=1S/C27H29FN6O/c28-24-14-20(6-7-21(24)16-29)25-15-26(31-17-19-4-2-1-3-5-19)34(32-25)23-10-8-22(9-11-23)33-13-12-30-27(35)18-33/h6-11,14-15,19,31H,1-5,12-13,17-18H2,(H,30,35). The summed E-state index contributed by atoms with van der Waals surface area (Å²) in [5, 5.41) is 20.3. The Morgan fingerprint density at radius 2 is 1.86 bits per heavy atom. The van der Waals surface area contributed by atoms with Gasteiger partial charge in [-0.05, 0) is 55.2 Å². The Morgan fingerprint density at radius 1 is 1.09 bits per heavy atom. The lowest BCUT2D eigenvalue weighted by Gasteiger charge is -2.28. The van der Waals surface area contributed by atoms with Crippen LogP contribution in [0, 0.1) is 23.1 Å². The van der Waals surface area contributed by atoms with Crippen LogP contribution < -0.4 is 15.5 Å². The van der Waals surface area contributed by atoms with Gasteiger partial charge in [0.25, 0.3) is 0 Å². The number of halogens is 1. The fourth-order valence-corrected chi connectivity index (χ4v) is 4.91. The van der Waals surface area contributed by atoms with Gasteiger partial charge in [0, 0.05) is 37.0 Å². The number of nitriles is 1. The predicted octanol–water partition coefficient (Wildman–Crippen LogP) is 4.48. The highest BCUT2D eigenvalue weighted by molar-refractivity contribution is 5.82. The Morgan fingerprint density at radius 3 is 2.57 bits per heavy atom.